The fourth-order valence-electron chi connectivity index (χ4n) is 1.49. The Bertz CT molecular complexity index is 871. The van der Waals surface area contributed by atoms with Crippen LogP contribution in [0.2, 0.25) is 0 Å². The van der Waals surface area contributed by atoms with Crippen LogP contribution in [0.3, 0.4) is 0 Å². The number of nitrogens with zero attached hydrogens (tertiary/aromatic N) is 4. The molecule has 10 heteroatoms. The van der Waals surface area contributed by atoms with Gasteiger partial charge >= 0.3 is 0 Å². The van der Waals surface area contributed by atoms with E-state index in [-0.39, 0.29) is 11.1 Å². The summed E-state index contributed by atoms with van der Waals surface area (Å²) in [5.74, 6) is 1.03. The molecule has 3 rings (SSSR count). The van der Waals surface area contributed by atoms with Crippen molar-refractivity contribution in [3.05, 3.63) is 57.5 Å². The number of rotatable bonds is 3. The summed E-state index contributed by atoms with van der Waals surface area (Å²) in [6.45, 7) is 0. The van der Waals surface area contributed by atoms with Gasteiger partial charge in [-0.1, -0.05) is 11.8 Å². The number of nitrogens with one attached hydrogen (secondary N) is 3. The van der Waals surface area contributed by atoms with E-state index in [9.17, 15) is 9.59 Å². The maximum atomic E-state index is 10.9. The third-order valence-electron chi connectivity index (χ3n) is 2.47. The summed E-state index contributed by atoms with van der Waals surface area (Å²) in [4.78, 5) is 34.3. The minimum Gasteiger partial charge on any atom is -0.309 e. The Kier molecular flexibility index (Phi) is 5.69. The summed E-state index contributed by atoms with van der Waals surface area (Å²) < 4.78 is 1.66. The fraction of sp³-hybridized carbons (Fsp3) is 0.154. The number of anilines is 2. The highest BCUT2D eigenvalue weighted by molar-refractivity contribution is 7.98. The molecule has 0 aromatic carbocycles. The number of thioether (sulfide) groups is 1. The van der Waals surface area contributed by atoms with E-state index < -0.39 is 0 Å². The smallest absolute Gasteiger partial charge is 0.252 e. The molecule has 0 bridgehead atoms. The molecule has 0 unspecified atom stereocenters. The zero-order valence-electron chi connectivity index (χ0n) is 12.5. The van der Waals surface area contributed by atoms with Crippen LogP contribution in [0.1, 0.15) is 0 Å². The molecule has 3 N–H and O–H groups in total. The SMILES string of the molecule is CSc1nccc(=O)[nH]1.Cn1ccc(Nc2nccc(=O)[nH]2)n1. The van der Waals surface area contributed by atoms with Gasteiger partial charge in [-0.25, -0.2) is 9.97 Å². The zero-order valence-corrected chi connectivity index (χ0v) is 13.3. The lowest BCUT2D eigenvalue weighted by molar-refractivity contribution is 0.770. The van der Waals surface area contributed by atoms with Crippen LogP contribution in [0.15, 0.2) is 51.5 Å². The molecule has 0 atom stereocenters. The number of hydrogen-bond acceptors (Lipinski definition) is 7. The normalized spacial score (nSPS) is 9.83. The van der Waals surface area contributed by atoms with Crippen LogP contribution in [0.4, 0.5) is 11.8 Å². The van der Waals surface area contributed by atoms with Gasteiger partial charge in [0.1, 0.15) is 0 Å². The number of aromatic nitrogens is 6. The monoisotopic (exact) mass is 333 g/mol. The van der Waals surface area contributed by atoms with Crippen molar-refractivity contribution in [3.8, 4) is 0 Å². The minimum absolute atomic E-state index is 0.102. The van der Waals surface area contributed by atoms with Crippen LogP contribution in [-0.4, -0.2) is 36.0 Å². The standard InChI is InChI=1S/C8H9N5O.C5H6N2OS/c1-13-5-3-6(12-13)10-8-9-4-2-7(14)11-8;1-9-5-6-3-2-4(8)7-5/h2-5H,1H3,(H2,9,10,11,12,14);2-3H,1H3,(H,6,7,8). The molecule has 0 aliphatic heterocycles. The lowest BCUT2D eigenvalue weighted by Gasteiger charge is -1.99. The Hall–Kier alpha value is -2.88. The van der Waals surface area contributed by atoms with Gasteiger partial charge in [0, 0.05) is 43.8 Å². The van der Waals surface area contributed by atoms with Crippen molar-refractivity contribution >= 4 is 23.5 Å². The van der Waals surface area contributed by atoms with Gasteiger partial charge in [0.15, 0.2) is 11.0 Å². The molecular formula is C13H15N7O2S. The second-order valence-electron chi connectivity index (χ2n) is 4.23. The van der Waals surface area contributed by atoms with Gasteiger partial charge in [0.2, 0.25) is 5.95 Å². The Morgan fingerprint density at radius 1 is 1.09 bits per heavy atom. The second kappa shape index (κ2) is 7.94. The predicted octanol–water partition coefficient (Wildman–Crippen LogP) is 0.739. The maximum Gasteiger partial charge on any atom is 0.252 e. The highest BCUT2D eigenvalue weighted by Gasteiger charge is 1.98. The molecule has 0 spiro atoms. The highest BCUT2D eigenvalue weighted by Crippen LogP contribution is 2.06. The van der Waals surface area contributed by atoms with E-state index in [2.05, 4.69) is 30.4 Å². The molecule has 0 aliphatic carbocycles. The average Bonchev–Trinajstić information content (AvgIpc) is 2.93. The first-order chi connectivity index (χ1) is 11.1. The molecule has 3 aromatic heterocycles. The molecule has 0 saturated carbocycles. The fourth-order valence-corrected chi connectivity index (χ4v) is 1.86. The van der Waals surface area contributed by atoms with E-state index in [0.29, 0.717) is 16.9 Å². The van der Waals surface area contributed by atoms with Crippen molar-refractivity contribution in [2.45, 2.75) is 5.16 Å². The largest absolute Gasteiger partial charge is 0.309 e. The number of hydrogen-bond donors (Lipinski definition) is 3. The van der Waals surface area contributed by atoms with Gasteiger partial charge < -0.3 is 10.3 Å². The van der Waals surface area contributed by atoms with Crippen LogP contribution in [-0.2, 0) is 7.05 Å². The Balaban J connectivity index is 0.000000185. The predicted molar refractivity (Wildman–Crippen MR) is 88.0 cm³/mol. The van der Waals surface area contributed by atoms with Crippen LogP contribution in [0, 0.1) is 0 Å². The van der Waals surface area contributed by atoms with E-state index in [1.165, 1.54) is 36.3 Å². The summed E-state index contributed by atoms with van der Waals surface area (Å²) in [5, 5.41) is 7.60. The zero-order chi connectivity index (χ0) is 16.7. The summed E-state index contributed by atoms with van der Waals surface area (Å²) in [6.07, 6.45) is 6.58. The number of aromatic amines is 2. The van der Waals surface area contributed by atoms with Gasteiger partial charge in [0.25, 0.3) is 11.1 Å². The van der Waals surface area contributed by atoms with Gasteiger partial charge in [-0.3, -0.25) is 19.3 Å². The molecule has 23 heavy (non-hydrogen) atoms. The molecule has 0 aliphatic rings. The molecule has 9 nitrogen and oxygen atoms in total. The number of H-pyrrole nitrogens is 2. The van der Waals surface area contributed by atoms with E-state index in [4.69, 9.17) is 0 Å². The summed E-state index contributed by atoms with van der Waals surface area (Å²) in [6, 6.07) is 4.52. The van der Waals surface area contributed by atoms with E-state index in [0.717, 1.165) is 0 Å². The van der Waals surface area contributed by atoms with Gasteiger partial charge in [-0.05, 0) is 6.26 Å². The lowest BCUT2D eigenvalue weighted by Crippen LogP contribution is -2.08. The average molecular weight is 333 g/mol. The topological polar surface area (TPSA) is 121 Å². The van der Waals surface area contributed by atoms with E-state index >= 15 is 0 Å². The van der Waals surface area contributed by atoms with E-state index in [1.54, 1.807) is 16.9 Å². The van der Waals surface area contributed by atoms with Crippen molar-refractivity contribution in [1.29, 1.82) is 0 Å². The quantitative estimate of drug-likeness (QED) is 0.477. The van der Waals surface area contributed by atoms with Crippen LogP contribution < -0.4 is 16.4 Å². The van der Waals surface area contributed by atoms with Gasteiger partial charge in [-0.2, -0.15) is 5.10 Å². The van der Waals surface area contributed by atoms with E-state index in [1.807, 2.05) is 13.3 Å². The van der Waals surface area contributed by atoms with Crippen LogP contribution in [0.25, 0.3) is 0 Å². The third kappa shape index (κ3) is 5.43. The maximum absolute atomic E-state index is 10.9. The highest BCUT2D eigenvalue weighted by atomic mass is 32.2. The van der Waals surface area contributed by atoms with Crippen molar-refractivity contribution in [2.24, 2.45) is 7.05 Å². The number of aryl methyl sites for hydroxylation is 1. The molecular weight excluding hydrogens is 318 g/mol. The van der Waals surface area contributed by atoms with Crippen LogP contribution in [0.5, 0.6) is 0 Å². The molecule has 0 fully saturated rings. The molecule has 0 amide bonds. The first kappa shape index (κ1) is 16.5. The summed E-state index contributed by atoms with van der Waals surface area (Å²) >= 11 is 1.42. The van der Waals surface area contributed by atoms with Crippen molar-refractivity contribution in [2.75, 3.05) is 11.6 Å². The Morgan fingerprint density at radius 3 is 2.30 bits per heavy atom. The lowest BCUT2D eigenvalue weighted by atomic mass is 10.6. The third-order valence-corrected chi connectivity index (χ3v) is 3.07. The van der Waals surface area contributed by atoms with Gasteiger partial charge in [-0.15, -0.1) is 0 Å². The Labute approximate surface area is 135 Å². The molecule has 120 valence electrons. The summed E-state index contributed by atoms with van der Waals surface area (Å²) in [5.41, 5.74) is -0.298. The summed E-state index contributed by atoms with van der Waals surface area (Å²) in [7, 11) is 1.81. The van der Waals surface area contributed by atoms with Crippen molar-refractivity contribution in [3.63, 3.8) is 0 Å². The second-order valence-corrected chi connectivity index (χ2v) is 5.02. The van der Waals surface area contributed by atoms with Crippen molar-refractivity contribution in [1.82, 2.24) is 29.7 Å². The van der Waals surface area contributed by atoms with Crippen molar-refractivity contribution < 1.29 is 0 Å². The molecule has 0 saturated heterocycles. The van der Waals surface area contributed by atoms with Crippen LogP contribution >= 0.6 is 11.8 Å². The molecule has 3 aromatic rings. The molecule has 0 radical (unpaired) electrons. The van der Waals surface area contributed by atoms with Gasteiger partial charge in [0.05, 0.1) is 0 Å². The molecule has 3 heterocycles. The Morgan fingerprint density at radius 2 is 1.78 bits per heavy atom. The first-order valence-electron chi connectivity index (χ1n) is 6.48. The first-order valence-corrected chi connectivity index (χ1v) is 7.70. The minimum atomic E-state index is -0.196.